The van der Waals surface area contributed by atoms with Crippen LogP contribution in [0.3, 0.4) is 0 Å². The predicted octanol–water partition coefficient (Wildman–Crippen LogP) is 2.97. The van der Waals surface area contributed by atoms with E-state index >= 15 is 0 Å². The molecule has 0 saturated carbocycles. The number of hydrogen-bond donors (Lipinski definition) is 2. The summed E-state index contributed by atoms with van der Waals surface area (Å²) in [6, 6.07) is 8.09. The summed E-state index contributed by atoms with van der Waals surface area (Å²) >= 11 is 0. The molecule has 0 aliphatic carbocycles. The van der Waals surface area contributed by atoms with E-state index in [0.717, 1.165) is 23.8 Å². The van der Waals surface area contributed by atoms with Gasteiger partial charge in [0, 0.05) is 25.8 Å². The maximum Gasteiger partial charge on any atom is 0.226 e. The molecule has 0 saturated heterocycles. The van der Waals surface area contributed by atoms with Gasteiger partial charge in [0.15, 0.2) is 5.96 Å². The standard InChI is InChI=1S/C17H24N4O2.HI/c1-4-18-17(19-9-10-22-3)20-11-15-12-23-16(21-15)14-7-5-13(2)6-8-14;/h5-8,12H,4,9-11H2,1-3H3,(H2,18,19,20);1H. The van der Waals surface area contributed by atoms with Crippen LogP contribution in [0.5, 0.6) is 0 Å². The lowest BCUT2D eigenvalue weighted by Gasteiger charge is -2.10. The van der Waals surface area contributed by atoms with Gasteiger partial charge >= 0.3 is 0 Å². The zero-order chi connectivity index (χ0) is 16.5. The average Bonchev–Trinajstić information content (AvgIpc) is 3.02. The van der Waals surface area contributed by atoms with Gasteiger partial charge in [-0.15, -0.1) is 24.0 Å². The zero-order valence-corrected chi connectivity index (χ0v) is 16.7. The number of hydrogen-bond acceptors (Lipinski definition) is 4. The number of aryl methyl sites for hydroxylation is 1. The molecule has 1 aromatic carbocycles. The van der Waals surface area contributed by atoms with Crippen LogP contribution in [0, 0.1) is 6.92 Å². The largest absolute Gasteiger partial charge is 0.444 e. The molecule has 7 heteroatoms. The summed E-state index contributed by atoms with van der Waals surface area (Å²) < 4.78 is 10.6. The van der Waals surface area contributed by atoms with E-state index in [1.807, 2.05) is 31.2 Å². The third-order valence-corrected chi connectivity index (χ3v) is 3.19. The first-order valence-corrected chi connectivity index (χ1v) is 7.75. The Morgan fingerprint density at radius 1 is 1.25 bits per heavy atom. The summed E-state index contributed by atoms with van der Waals surface area (Å²) in [5.74, 6) is 1.36. The molecule has 2 N–H and O–H groups in total. The van der Waals surface area contributed by atoms with E-state index in [1.54, 1.807) is 13.4 Å². The number of aliphatic imine (C=N–C) groups is 1. The minimum atomic E-state index is 0. The van der Waals surface area contributed by atoms with Crippen LogP contribution in [0.2, 0.25) is 0 Å². The fourth-order valence-electron chi connectivity index (χ4n) is 1.98. The van der Waals surface area contributed by atoms with Gasteiger partial charge in [-0.3, -0.25) is 0 Å². The Kier molecular flexibility index (Phi) is 9.39. The smallest absolute Gasteiger partial charge is 0.226 e. The molecule has 0 fully saturated rings. The minimum absolute atomic E-state index is 0. The highest BCUT2D eigenvalue weighted by Gasteiger charge is 2.06. The number of ether oxygens (including phenoxy) is 1. The molecule has 6 nitrogen and oxygen atoms in total. The molecule has 132 valence electrons. The molecule has 1 heterocycles. The summed E-state index contributed by atoms with van der Waals surface area (Å²) in [5.41, 5.74) is 2.98. The monoisotopic (exact) mass is 444 g/mol. The molecule has 24 heavy (non-hydrogen) atoms. The first-order valence-electron chi connectivity index (χ1n) is 7.75. The van der Waals surface area contributed by atoms with Crippen molar-refractivity contribution in [1.82, 2.24) is 15.6 Å². The second kappa shape index (κ2) is 11.0. The molecule has 1 aromatic heterocycles. The van der Waals surface area contributed by atoms with Gasteiger partial charge in [0.25, 0.3) is 0 Å². The number of guanidine groups is 1. The number of nitrogens with zero attached hydrogens (tertiary/aromatic N) is 2. The Hall–Kier alpha value is -1.61. The lowest BCUT2D eigenvalue weighted by molar-refractivity contribution is 0.203. The second-order valence-corrected chi connectivity index (χ2v) is 5.12. The number of halogens is 1. The van der Waals surface area contributed by atoms with Crippen LogP contribution in [0.4, 0.5) is 0 Å². The third-order valence-electron chi connectivity index (χ3n) is 3.19. The number of nitrogens with one attached hydrogen (secondary N) is 2. The van der Waals surface area contributed by atoms with Crippen LogP contribution in [0.1, 0.15) is 18.2 Å². The van der Waals surface area contributed by atoms with Gasteiger partial charge < -0.3 is 19.8 Å². The summed E-state index contributed by atoms with van der Waals surface area (Å²) in [7, 11) is 1.67. The lowest BCUT2D eigenvalue weighted by Crippen LogP contribution is -2.38. The molecule has 0 spiro atoms. The van der Waals surface area contributed by atoms with Gasteiger partial charge in [0.1, 0.15) is 12.0 Å². The Labute approximate surface area is 160 Å². The van der Waals surface area contributed by atoms with Crippen molar-refractivity contribution in [1.29, 1.82) is 0 Å². The fraction of sp³-hybridized carbons (Fsp3) is 0.412. The number of aromatic nitrogens is 1. The number of methoxy groups -OCH3 is 1. The van der Waals surface area contributed by atoms with Crippen molar-refractivity contribution >= 4 is 29.9 Å². The maximum absolute atomic E-state index is 5.54. The quantitative estimate of drug-likeness (QED) is 0.298. The van der Waals surface area contributed by atoms with Crippen molar-refractivity contribution in [2.45, 2.75) is 20.4 Å². The van der Waals surface area contributed by atoms with Gasteiger partial charge in [0.05, 0.1) is 13.2 Å². The molecule has 0 atom stereocenters. The molecular formula is C17H25IN4O2. The maximum atomic E-state index is 5.54. The van der Waals surface area contributed by atoms with Crippen LogP contribution in [0.25, 0.3) is 11.5 Å². The molecule has 2 rings (SSSR count). The Bertz CT molecular complexity index is 626. The molecule has 0 amide bonds. The van der Waals surface area contributed by atoms with E-state index in [0.29, 0.717) is 25.6 Å². The van der Waals surface area contributed by atoms with Crippen LogP contribution < -0.4 is 10.6 Å². The van der Waals surface area contributed by atoms with E-state index in [4.69, 9.17) is 9.15 Å². The Morgan fingerprint density at radius 3 is 2.67 bits per heavy atom. The Morgan fingerprint density at radius 2 is 2.00 bits per heavy atom. The normalized spacial score (nSPS) is 11.0. The molecule has 0 aliphatic rings. The van der Waals surface area contributed by atoms with Crippen LogP contribution in [0.15, 0.2) is 39.9 Å². The number of rotatable bonds is 7. The molecule has 0 radical (unpaired) electrons. The molecule has 2 aromatic rings. The molecule has 0 unspecified atom stereocenters. The van der Waals surface area contributed by atoms with Crippen molar-refractivity contribution in [2.24, 2.45) is 4.99 Å². The first kappa shape index (κ1) is 20.4. The van der Waals surface area contributed by atoms with Crippen LogP contribution in [-0.2, 0) is 11.3 Å². The Balaban J connectivity index is 0.00000288. The highest BCUT2D eigenvalue weighted by molar-refractivity contribution is 14.0. The fourth-order valence-corrected chi connectivity index (χ4v) is 1.98. The summed E-state index contributed by atoms with van der Waals surface area (Å²) in [4.78, 5) is 8.98. The highest BCUT2D eigenvalue weighted by atomic mass is 127. The van der Waals surface area contributed by atoms with E-state index in [9.17, 15) is 0 Å². The average molecular weight is 444 g/mol. The lowest BCUT2D eigenvalue weighted by atomic mass is 10.1. The van der Waals surface area contributed by atoms with Gasteiger partial charge in [0.2, 0.25) is 5.89 Å². The zero-order valence-electron chi connectivity index (χ0n) is 14.3. The third kappa shape index (κ3) is 6.48. The van der Waals surface area contributed by atoms with Crippen molar-refractivity contribution in [3.8, 4) is 11.5 Å². The van der Waals surface area contributed by atoms with Gasteiger partial charge in [-0.25, -0.2) is 9.98 Å². The van der Waals surface area contributed by atoms with Gasteiger partial charge in [-0.05, 0) is 26.0 Å². The summed E-state index contributed by atoms with van der Waals surface area (Å²) in [6.45, 7) is 6.67. The van der Waals surface area contributed by atoms with Crippen molar-refractivity contribution in [2.75, 3.05) is 26.8 Å². The second-order valence-electron chi connectivity index (χ2n) is 5.12. The van der Waals surface area contributed by atoms with E-state index in [2.05, 4.69) is 27.5 Å². The van der Waals surface area contributed by atoms with Gasteiger partial charge in [-0.2, -0.15) is 0 Å². The van der Waals surface area contributed by atoms with Crippen LogP contribution in [-0.4, -0.2) is 37.7 Å². The van der Waals surface area contributed by atoms with Crippen molar-refractivity contribution < 1.29 is 9.15 Å². The number of oxazole rings is 1. The number of benzene rings is 1. The van der Waals surface area contributed by atoms with Crippen LogP contribution >= 0.6 is 24.0 Å². The van der Waals surface area contributed by atoms with E-state index < -0.39 is 0 Å². The molecule has 0 bridgehead atoms. The van der Waals surface area contributed by atoms with E-state index in [-0.39, 0.29) is 24.0 Å². The van der Waals surface area contributed by atoms with Crippen molar-refractivity contribution in [3.05, 3.63) is 41.8 Å². The minimum Gasteiger partial charge on any atom is -0.444 e. The summed E-state index contributed by atoms with van der Waals surface area (Å²) in [6.07, 6.45) is 1.65. The summed E-state index contributed by atoms with van der Waals surface area (Å²) in [5, 5.41) is 6.37. The molecular weight excluding hydrogens is 419 g/mol. The first-order chi connectivity index (χ1) is 11.2. The molecule has 0 aliphatic heterocycles. The highest BCUT2D eigenvalue weighted by Crippen LogP contribution is 2.19. The van der Waals surface area contributed by atoms with E-state index in [1.165, 1.54) is 5.56 Å². The van der Waals surface area contributed by atoms with Gasteiger partial charge in [-0.1, -0.05) is 17.7 Å². The predicted molar refractivity (Wildman–Crippen MR) is 107 cm³/mol. The van der Waals surface area contributed by atoms with Crippen molar-refractivity contribution in [3.63, 3.8) is 0 Å². The topological polar surface area (TPSA) is 71.7 Å². The SMILES string of the molecule is CCNC(=NCc1coc(-c2ccc(C)cc2)n1)NCCOC.I.